The summed E-state index contributed by atoms with van der Waals surface area (Å²) < 4.78 is 17.4. The van der Waals surface area contributed by atoms with Crippen molar-refractivity contribution in [3.8, 4) is 5.75 Å². The summed E-state index contributed by atoms with van der Waals surface area (Å²) >= 11 is 0. The minimum atomic E-state index is -0.183. The fraction of sp³-hybridized carbons (Fsp3) is 0.429. The van der Waals surface area contributed by atoms with Gasteiger partial charge in [-0.1, -0.05) is 13.0 Å². The summed E-state index contributed by atoms with van der Waals surface area (Å²) in [6.07, 6.45) is 2.82. The first-order valence-electron chi connectivity index (χ1n) is 11.9. The molecule has 0 saturated heterocycles. The first-order valence-corrected chi connectivity index (χ1v) is 11.9. The Labute approximate surface area is 201 Å². The zero-order valence-corrected chi connectivity index (χ0v) is 21.1. The van der Waals surface area contributed by atoms with E-state index in [9.17, 15) is 9.59 Å². The van der Waals surface area contributed by atoms with E-state index in [2.05, 4.69) is 6.92 Å². The van der Waals surface area contributed by atoms with Gasteiger partial charge in [0.05, 0.1) is 6.61 Å². The molecule has 0 N–H and O–H groups in total. The van der Waals surface area contributed by atoms with E-state index in [-0.39, 0.29) is 18.5 Å². The van der Waals surface area contributed by atoms with Gasteiger partial charge in [-0.05, 0) is 74.6 Å². The van der Waals surface area contributed by atoms with E-state index < -0.39 is 0 Å². The molecule has 182 valence electrons. The lowest BCUT2D eigenvalue weighted by atomic mass is 9.99. The molecule has 0 aliphatic carbocycles. The standard InChI is InChI=1S/C28H35NO5/c1-7-9-24-16-21-14-22(28(31)29(5)6)15-23(27(21)34-24)17-33-25-12-10-20(18(3)19(25)4)11-13-26(30)32-8-2/h10,12,14-16H,7-9,11,13,17H2,1-6H3. The Balaban J connectivity index is 1.85. The average Bonchev–Trinajstić information content (AvgIpc) is 3.21. The second-order valence-corrected chi connectivity index (χ2v) is 8.78. The van der Waals surface area contributed by atoms with Crippen LogP contribution in [0, 0.1) is 13.8 Å². The van der Waals surface area contributed by atoms with Gasteiger partial charge in [-0.25, -0.2) is 0 Å². The number of nitrogens with zero attached hydrogens (tertiary/aromatic N) is 1. The summed E-state index contributed by atoms with van der Waals surface area (Å²) in [6, 6.07) is 9.71. The normalized spacial score (nSPS) is 11.0. The number of furan rings is 1. The van der Waals surface area contributed by atoms with Crippen molar-refractivity contribution >= 4 is 22.8 Å². The van der Waals surface area contributed by atoms with Gasteiger partial charge in [0, 0.05) is 43.5 Å². The molecule has 0 aliphatic rings. The SMILES string of the molecule is CCCc1cc2cc(C(=O)N(C)C)cc(COc3ccc(CCC(=O)OCC)c(C)c3C)c2o1. The lowest BCUT2D eigenvalue weighted by molar-refractivity contribution is -0.143. The summed E-state index contributed by atoms with van der Waals surface area (Å²) in [7, 11) is 3.49. The number of hydrogen-bond donors (Lipinski definition) is 0. The highest BCUT2D eigenvalue weighted by Gasteiger charge is 2.17. The molecule has 0 saturated carbocycles. The summed E-state index contributed by atoms with van der Waals surface area (Å²) in [4.78, 5) is 25.9. The van der Waals surface area contributed by atoms with Crippen molar-refractivity contribution in [3.63, 3.8) is 0 Å². The van der Waals surface area contributed by atoms with Crippen LogP contribution in [0.1, 0.15) is 65.1 Å². The lowest BCUT2D eigenvalue weighted by Crippen LogP contribution is -2.21. The van der Waals surface area contributed by atoms with Gasteiger partial charge in [0.15, 0.2) is 0 Å². The first kappa shape index (κ1) is 25.3. The van der Waals surface area contributed by atoms with Crippen molar-refractivity contribution in [1.29, 1.82) is 0 Å². The summed E-state index contributed by atoms with van der Waals surface area (Å²) in [5, 5.41) is 0.914. The maximum atomic E-state index is 12.7. The van der Waals surface area contributed by atoms with Crippen molar-refractivity contribution in [2.45, 2.75) is 60.0 Å². The predicted molar refractivity (Wildman–Crippen MR) is 133 cm³/mol. The highest BCUT2D eigenvalue weighted by atomic mass is 16.5. The van der Waals surface area contributed by atoms with E-state index in [1.165, 1.54) is 0 Å². The van der Waals surface area contributed by atoms with Crippen molar-refractivity contribution in [2.24, 2.45) is 0 Å². The van der Waals surface area contributed by atoms with E-state index in [1.54, 1.807) is 19.0 Å². The third-order valence-electron chi connectivity index (χ3n) is 6.03. The average molecular weight is 466 g/mol. The molecule has 3 rings (SSSR count). The third-order valence-corrected chi connectivity index (χ3v) is 6.03. The van der Waals surface area contributed by atoms with Gasteiger partial charge in [-0.15, -0.1) is 0 Å². The molecule has 1 aromatic heterocycles. The topological polar surface area (TPSA) is 69.0 Å². The molecule has 3 aromatic rings. The van der Waals surface area contributed by atoms with Crippen LogP contribution in [-0.2, 0) is 29.0 Å². The van der Waals surface area contributed by atoms with E-state index in [4.69, 9.17) is 13.9 Å². The molecule has 0 bridgehead atoms. The first-order chi connectivity index (χ1) is 16.2. The molecule has 2 aromatic carbocycles. The van der Waals surface area contributed by atoms with Crippen molar-refractivity contribution in [2.75, 3.05) is 20.7 Å². The molecule has 0 atom stereocenters. The molecular weight excluding hydrogens is 430 g/mol. The van der Waals surface area contributed by atoms with Crippen LogP contribution < -0.4 is 4.74 Å². The van der Waals surface area contributed by atoms with E-state index in [1.807, 2.05) is 51.1 Å². The van der Waals surface area contributed by atoms with Crippen LogP contribution in [-0.4, -0.2) is 37.5 Å². The fourth-order valence-corrected chi connectivity index (χ4v) is 4.04. The Morgan fingerprint density at radius 1 is 0.971 bits per heavy atom. The molecule has 0 unspecified atom stereocenters. The van der Waals surface area contributed by atoms with E-state index in [0.717, 1.165) is 57.6 Å². The molecule has 6 heteroatoms. The highest BCUT2D eigenvalue weighted by Crippen LogP contribution is 2.30. The molecule has 1 heterocycles. The van der Waals surface area contributed by atoms with Crippen LogP contribution in [0.4, 0.5) is 0 Å². The summed E-state index contributed by atoms with van der Waals surface area (Å²) in [5.41, 5.74) is 5.46. The van der Waals surface area contributed by atoms with Gasteiger partial charge in [0.2, 0.25) is 0 Å². The number of amides is 1. The molecule has 1 amide bonds. The monoisotopic (exact) mass is 465 g/mol. The van der Waals surface area contributed by atoms with Gasteiger partial charge in [-0.2, -0.15) is 0 Å². The maximum absolute atomic E-state index is 12.7. The third kappa shape index (κ3) is 5.79. The fourth-order valence-electron chi connectivity index (χ4n) is 4.04. The van der Waals surface area contributed by atoms with Gasteiger partial charge in [0.1, 0.15) is 23.7 Å². The Hall–Kier alpha value is -3.28. The molecule has 0 spiro atoms. The second kappa shape index (κ2) is 11.2. The zero-order chi connectivity index (χ0) is 24.8. The van der Waals surface area contributed by atoms with Crippen molar-refractivity contribution in [1.82, 2.24) is 4.90 Å². The Morgan fingerprint density at radius 2 is 1.74 bits per heavy atom. The second-order valence-electron chi connectivity index (χ2n) is 8.78. The largest absolute Gasteiger partial charge is 0.488 e. The van der Waals surface area contributed by atoms with Crippen molar-refractivity contribution in [3.05, 3.63) is 63.9 Å². The number of fused-ring (bicyclic) bond motifs is 1. The van der Waals surface area contributed by atoms with Gasteiger partial charge in [-0.3, -0.25) is 9.59 Å². The summed E-state index contributed by atoms with van der Waals surface area (Å²) in [6.45, 7) is 8.67. The van der Waals surface area contributed by atoms with E-state index in [0.29, 0.717) is 25.0 Å². The maximum Gasteiger partial charge on any atom is 0.306 e. The number of benzene rings is 2. The molecule has 34 heavy (non-hydrogen) atoms. The molecular formula is C28H35NO5. The summed E-state index contributed by atoms with van der Waals surface area (Å²) in [5.74, 6) is 1.44. The number of carbonyl (C=O) groups excluding carboxylic acids is 2. The van der Waals surface area contributed by atoms with Crippen LogP contribution in [0.2, 0.25) is 0 Å². The number of esters is 1. The molecule has 0 radical (unpaired) electrons. The van der Waals surface area contributed by atoms with Crippen LogP contribution in [0.25, 0.3) is 11.0 Å². The highest BCUT2D eigenvalue weighted by molar-refractivity contribution is 5.98. The molecule has 6 nitrogen and oxygen atoms in total. The molecule has 0 fully saturated rings. The van der Waals surface area contributed by atoms with Crippen LogP contribution in [0.3, 0.4) is 0 Å². The van der Waals surface area contributed by atoms with Crippen molar-refractivity contribution < 1.29 is 23.5 Å². The van der Waals surface area contributed by atoms with E-state index >= 15 is 0 Å². The zero-order valence-electron chi connectivity index (χ0n) is 21.1. The Bertz CT molecular complexity index is 1180. The minimum absolute atomic E-state index is 0.0561. The Kier molecular flexibility index (Phi) is 8.37. The van der Waals surface area contributed by atoms with Gasteiger partial charge >= 0.3 is 5.97 Å². The number of ether oxygens (including phenoxy) is 2. The van der Waals surface area contributed by atoms with Crippen LogP contribution in [0.15, 0.2) is 34.7 Å². The lowest BCUT2D eigenvalue weighted by Gasteiger charge is -2.16. The van der Waals surface area contributed by atoms with Crippen LogP contribution in [0.5, 0.6) is 5.75 Å². The number of hydrogen-bond acceptors (Lipinski definition) is 5. The smallest absolute Gasteiger partial charge is 0.306 e. The minimum Gasteiger partial charge on any atom is -0.488 e. The Morgan fingerprint density at radius 3 is 2.41 bits per heavy atom. The number of carbonyl (C=O) groups is 2. The molecule has 0 aliphatic heterocycles. The van der Waals surface area contributed by atoms with Gasteiger partial charge in [0.25, 0.3) is 5.91 Å². The van der Waals surface area contributed by atoms with Crippen LogP contribution >= 0.6 is 0 Å². The number of aryl methyl sites for hydroxylation is 2. The van der Waals surface area contributed by atoms with Gasteiger partial charge < -0.3 is 18.8 Å². The number of rotatable bonds is 10. The quantitative estimate of drug-likeness (QED) is 0.355. The predicted octanol–water partition coefficient (Wildman–Crippen LogP) is 5.78.